The van der Waals surface area contributed by atoms with Crippen molar-refractivity contribution >= 4 is 24.8 Å². The molecule has 0 aliphatic carbocycles. The molecule has 2 N–H and O–H groups in total. The second kappa shape index (κ2) is 6.41. The lowest BCUT2D eigenvalue weighted by Gasteiger charge is -2.30. The molecule has 0 aromatic rings. The van der Waals surface area contributed by atoms with Gasteiger partial charge in [0.05, 0.1) is 6.04 Å². The van der Waals surface area contributed by atoms with Gasteiger partial charge in [-0.1, -0.05) is 0 Å². The Morgan fingerprint density at radius 1 is 1.29 bits per heavy atom. The van der Waals surface area contributed by atoms with Gasteiger partial charge in [-0.2, -0.15) is 5.06 Å². The summed E-state index contributed by atoms with van der Waals surface area (Å²) in [7, 11) is 0. The van der Waals surface area contributed by atoms with Gasteiger partial charge in [-0.3, -0.25) is 4.79 Å². The van der Waals surface area contributed by atoms with Crippen molar-refractivity contribution in [1.29, 1.82) is 0 Å². The van der Waals surface area contributed by atoms with Crippen LogP contribution in [0.2, 0.25) is 0 Å². The van der Waals surface area contributed by atoms with Crippen molar-refractivity contribution in [1.82, 2.24) is 20.6 Å². The largest absolute Gasteiger partial charge is 0.352 e. The summed E-state index contributed by atoms with van der Waals surface area (Å²) >= 11 is 3.73. The Kier molecular flexibility index (Phi) is 4.56. The first kappa shape index (κ1) is 14.9. The molecule has 118 valence electrons. The maximum atomic E-state index is 12.5. The monoisotopic (exact) mass is 314 g/mol. The highest BCUT2D eigenvalue weighted by Gasteiger charge is 2.48. The van der Waals surface area contributed by atoms with E-state index in [0.29, 0.717) is 13.0 Å². The van der Waals surface area contributed by atoms with Crippen LogP contribution < -0.4 is 10.6 Å². The van der Waals surface area contributed by atoms with Crippen molar-refractivity contribution in [2.75, 3.05) is 19.6 Å². The van der Waals surface area contributed by atoms with E-state index in [0.717, 1.165) is 38.8 Å². The van der Waals surface area contributed by atoms with E-state index >= 15 is 0 Å². The average molecular weight is 314 g/mol. The molecule has 0 unspecified atom stereocenters. The fraction of sp³-hybridized carbons (Fsp3) is 0.846. The van der Waals surface area contributed by atoms with Crippen molar-refractivity contribution in [2.45, 2.75) is 50.2 Å². The van der Waals surface area contributed by atoms with Crippen molar-refractivity contribution in [3.8, 4) is 0 Å². The summed E-state index contributed by atoms with van der Waals surface area (Å²) in [6.07, 6.45) is 4.46. The van der Waals surface area contributed by atoms with E-state index in [9.17, 15) is 9.59 Å². The first-order chi connectivity index (χ1) is 10.2. The molecule has 3 fully saturated rings. The van der Waals surface area contributed by atoms with Crippen LogP contribution in [0.3, 0.4) is 0 Å². The van der Waals surface area contributed by atoms with Gasteiger partial charge in [-0.25, -0.2) is 9.08 Å². The van der Waals surface area contributed by atoms with Crippen molar-refractivity contribution < 1.29 is 13.9 Å². The molecule has 3 atom stereocenters. The zero-order chi connectivity index (χ0) is 14.8. The Morgan fingerprint density at radius 3 is 2.95 bits per heavy atom. The van der Waals surface area contributed by atoms with Gasteiger partial charge in [-0.05, 0) is 45.2 Å². The number of hydrogen-bond acceptors (Lipinski definition) is 5. The highest BCUT2D eigenvalue weighted by molar-refractivity contribution is 7.75. The van der Waals surface area contributed by atoms with Crippen LogP contribution in [0.15, 0.2) is 0 Å². The Bertz CT molecular complexity index is 414. The van der Waals surface area contributed by atoms with E-state index in [1.54, 1.807) is 4.90 Å². The second-order valence-corrected chi connectivity index (χ2v) is 6.14. The normalized spacial score (nSPS) is 33.0. The fourth-order valence-corrected chi connectivity index (χ4v) is 3.68. The van der Waals surface area contributed by atoms with Gasteiger partial charge in [0, 0.05) is 25.5 Å². The van der Waals surface area contributed by atoms with Gasteiger partial charge in [0.25, 0.3) is 0 Å². The van der Waals surface area contributed by atoms with Crippen LogP contribution in [0.25, 0.3) is 0 Å². The molecule has 0 saturated carbocycles. The molecule has 2 bridgehead atoms. The molecule has 0 aromatic heterocycles. The Hall–Kier alpha value is -0.990. The summed E-state index contributed by atoms with van der Waals surface area (Å²) in [4.78, 5) is 26.3. The van der Waals surface area contributed by atoms with E-state index in [2.05, 4.69) is 23.5 Å². The van der Waals surface area contributed by atoms with Crippen molar-refractivity contribution in [3.63, 3.8) is 0 Å². The maximum absolute atomic E-state index is 12.5. The third kappa shape index (κ3) is 2.97. The Morgan fingerprint density at radius 2 is 2.14 bits per heavy atom. The Balaban J connectivity index is 1.61. The van der Waals surface area contributed by atoms with Gasteiger partial charge in [0.1, 0.15) is 6.04 Å². The zero-order valence-corrected chi connectivity index (χ0v) is 12.8. The lowest BCUT2D eigenvalue weighted by Crippen LogP contribution is -2.52. The van der Waals surface area contributed by atoms with E-state index in [4.69, 9.17) is 4.28 Å². The lowest BCUT2D eigenvalue weighted by atomic mass is 9.99. The average Bonchev–Trinajstić information content (AvgIpc) is 2.67. The summed E-state index contributed by atoms with van der Waals surface area (Å²) < 4.78 is 4.83. The number of piperidine rings is 1. The van der Waals surface area contributed by atoms with Crippen molar-refractivity contribution in [3.05, 3.63) is 0 Å². The SMILES string of the molecule is O=C(N[C@@H]1CCCNCC1)[C@@H]1CC[C@@H]2CN1C(=O)N2OS. The van der Waals surface area contributed by atoms with Crippen LogP contribution in [0, 0.1) is 0 Å². The zero-order valence-electron chi connectivity index (χ0n) is 12.0. The number of rotatable bonds is 3. The van der Waals surface area contributed by atoms with Crippen LogP contribution >= 0.6 is 12.9 Å². The molecule has 0 spiro atoms. The number of thiol groups is 1. The highest BCUT2D eigenvalue weighted by Crippen LogP contribution is 2.30. The molecule has 3 aliphatic rings. The minimum atomic E-state index is -0.376. The van der Waals surface area contributed by atoms with Crippen molar-refractivity contribution in [2.24, 2.45) is 0 Å². The number of amides is 3. The standard InChI is InChI=1S/C13H22N4O3S/c18-12(15-9-2-1-6-14-7-5-9)11-4-3-10-8-16(11)13(19)17(10)20-21/h9-11,14,21H,1-8H2,(H,15,18)/t9-,10-,11+/m1/s1. The number of fused-ring (bicyclic) bond motifs is 2. The van der Waals surface area contributed by atoms with Gasteiger partial charge < -0.3 is 15.5 Å². The third-order valence-corrected chi connectivity index (χ3v) is 4.81. The topological polar surface area (TPSA) is 73.9 Å². The van der Waals surface area contributed by atoms with Crippen LogP contribution in [0.4, 0.5) is 4.79 Å². The predicted octanol–water partition coefficient (Wildman–Crippen LogP) is 0.290. The molecule has 3 aliphatic heterocycles. The number of carbonyl (C=O) groups is 2. The smallest absolute Gasteiger partial charge is 0.345 e. The summed E-state index contributed by atoms with van der Waals surface area (Å²) in [5.74, 6) is -0.0327. The molecule has 0 aromatic carbocycles. The number of hydroxylamine groups is 2. The van der Waals surface area contributed by atoms with Gasteiger partial charge in [0.2, 0.25) is 5.91 Å². The quantitative estimate of drug-likeness (QED) is 0.517. The van der Waals surface area contributed by atoms with E-state index in [-0.39, 0.29) is 30.1 Å². The van der Waals surface area contributed by atoms with Crippen LogP contribution in [0.1, 0.15) is 32.1 Å². The highest BCUT2D eigenvalue weighted by atomic mass is 32.1. The first-order valence-electron chi connectivity index (χ1n) is 7.63. The molecule has 0 radical (unpaired) electrons. The predicted molar refractivity (Wildman–Crippen MR) is 79.5 cm³/mol. The molecule has 8 heteroatoms. The van der Waals surface area contributed by atoms with Gasteiger partial charge >= 0.3 is 6.03 Å². The lowest BCUT2D eigenvalue weighted by molar-refractivity contribution is -0.126. The van der Waals surface area contributed by atoms with Crippen LogP contribution in [-0.4, -0.2) is 59.7 Å². The Labute approximate surface area is 129 Å². The maximum Gasteiger partial charge on any atom is 0.345 e. The molecule has 7 nitrogen and oxygen atoms in total. The fourth-order valence-electron chi connectivity index (χ4n) is 3.47. The molecule has 21 heavy (non-hydrogen) atoms. The van der Waals surface area contributed by atoms with Crippen LogP contribution in [0.5, 0.6) is 0 Å². The second-order valence-electron chi connectivity index (χ2n) is 5.98. The number of urea groups is 1. The molecule has 3 amide bonds. The molecule has 3 saturated heterocycles. The number of carbonyl (C=O) groups excluding carboxylic acids is 2. The van der Waals surface area contributed by atoms with Gasteiger partial charge in [0.15, 0.2) is 0 Å². The van der Waals surface area contributed by atoms with E-state index < -0.39 is 0 Å². The molecular formula is C13H22N4O3S. The summed E-state index contributed by atoms with van der Waals surface area (Å²) in [5.41, 5.74) is 0. The summed E-state index contributed by atoms with van der Waals surface area (Å²) in [6, 6.07) is -0.407. The number of hydrogen-bond donors (Lipinski definition) is 3. The minimum Gasteiger partial charge on any atom is -0.352 e. The number of nitrogens with one attached hydrogen (secondary N) is 2. The number of nitrogens with zero attached hydrogens (tertiary/aromatic N) is 2. The van der Waals surface area contributed by atoms with E-state index in [1.807, 2.05) is 0 Å². The summed E-state index contributed by atoms with van der Waals surface area (Å²) in [5, 5.41) is 7.71. The molecule has 3 heterocycles. The third-order valence-electron chi connectivity index (χ3n) is 4.64. The minimum absolute atomic E-state index is 0.0149. The van der Waals surface area contributed by atoms with Gasteiger partial charge in [-0.15, -0.1) is 0 Å². The molecular weight excluding hydrogens is 292 g/mol. The van der Waals surface area contributed by atoms with Crippen LogP contribution in [-0.2, 0) is 9.08 Å². The van der Waals surface area contributed by atoms with E-state index in [1.165, 1.54) is 5.06 Å². The molecule has 3 rings (SSSR count). The summed E-state index contributed by atoms with van der Waals surface area (Å²) in [6.45, 7) is 2.49. The first-order valence-corrected chi connectivity index (χ1v) is 7.99.